The standard InChI is InChI=1S/C21H28N4O6/c1-13-8-20(2,3)12-21(9-13)18(29)25(19(30)23-21)10-16(27)31-11-15(26)22-17(28)14-6-5-7-24(14)4/h5-7,13H,8-12H2,1-4H3,(H,23,30)(H,22,26,28)/t13-,21+/m1/s1. The third-order valence-corrected chi connectivity index (χ3v) is 5.71. The summed E-state index contributed by atoms with van der Waals surface area (Å²) < 4.78 is 6.40. The Morgan fingerprint density at radius 2 is 1.97 bits per heavy atom. The van der Waals surface area contributed by atoms with Crippen molar-refractivity contribution in [2.75, 3.05) is 13.2 Å². The summed E-state index contributed by atoms with van der Waals surface area (Å²) in [5.41, 5.74) is -0.869. The summed E-state index contributed by atoms with van der Waals surface area (Å²) >= 11 is 0. The first-order valence-corrected chi connectivity index (χ1v) is 10.2. The normalized spacial score (nSPS) is 24.8. The van der Waals surface area contributed by atoms with Gasteiger partial charge in [0.15, 0.2) is 6.61 Å². The highest BCUT2D eigenvalue weighted by Crippen LogP contribution is 2.46. The number of imide groups is 2. The van der Waals surface area contributed by atoms with Crippen molar-refractivity contribution in [3.05, 3.63) is 24.0 Å². The van der Waals surface area contributed by atoms with E-state index >= 15 is 0 Å². The number of esters is 1. The number of urea groups is 1. The number of aryl methyl sites for hydroxylation is 1. The van der Waals surface area contributed by atoms with Gasteiger partial charge in [-0.2, -0.15) is 0 Å². The van der Waals surface area contributed by atoms with Crippen molar-refractivity contribution >= 4 is 29.7 Å². The molecule has 2 heterocycles. The van der Waals surface area contributed by atoms with E-state index in [2.05, 4.69) is 24.5 Å². The lowest BCUT2D eigenvalue weighted by Gasteiger charge is -2.43. The molecule has 1 aromatic heterocycles. The molecule has 0 bridgehead atoms. The highest BCUT2D eigenvalue weighted by Gasteiger charge is 2.56. The quantitative estimate of drug-likeness (QED) is 0.527. The van der Waals surface area contributed by atoms with E-state index in [-0.39, 0.29) is 17.0 Å². The van der Waals surface area contributed by atoms with Crippen molar-refractivity contribution in [3.63, 3.8) is 0 Å². The van der Waals surface area contributed by atoms with Crippen LogP contribution < -0.4 is 10.6 Å². The molecule has 3 rings (SSSR count). The molecule has 1 aliphatic heterocycles. The Hall–Kier alpha value is -3.17. The number of hydrogen-bond donors (Lipinski definition) is 2. The van der Waals surface area contributed by atoms with E-state index in [1.807, 2.05) is 6.92 Å². The largest absolute Gasteiger partial charge is 0.454 e. The van der Waals surface area contributed by atoms with Gasteiger partial charge in [-0.1, -0.05) is 20.8 Å². The van der Waals surface area contributed by atoms with E-state index in [0.717, 1.165) is 11.3 Å². The maximum Gasteiger partial charge on any atom is 0.326 e. The van der Waals surface area contributed by atoms with Gasteiger partial charge in [0, 0.05) is 13.2 Å². The Balaban J connectivity index is 1.54. The molecule has 0 radical (unpaired) electrons. The molecule has 168 valence electrons. The molecule has 1 aromatic rings. The first kappa shape index (κ1) is 22.5. The van der Waals surface area contributed by atoms with Gasteiger partial charge in [0.2, 0.25) is 0 Å². The zero-order valence-corrected chi connectivity index (χ0v) is 18.2. The predicted octanol–water partition coefficient (Wildman–Crippen LogP) is 0.961. The lowest BCUT2D eigenvalue weighted by molar-refractivity contribution is -0.151. The second kappa shape index (κ2) is 8.16. The average molecular weight is 432 g/mol. The zero-order chi connectivity index (χ0) is 23.0. The van der Waals surface area contributed by atoms with E-state index in [1.54, 1.807) is 19.3 Å². The summed E-state index contributed by atoms with van der Waals surface area (Å²) in [6, 6.07) is 2.55. The number of hydrogen-bond acceptors (Lipinski definition) is 6. The Bertz CT molecular complexity index is 936. The van der Waals surface area contributed by atoms with Gasteiger partial charge in [0.05, 0.1) is 0 Å². The molecule has 31 heavy (non-hydrogen) atoms. The van der Waals surface area contributed by atoms with Gasteiger partial charge >= 0.3 is 12.0 Å². The van der Waals surface area contributed by atoms with Crippen LogP contribution in [0.1, 0.15) is 50.5 Å². The van der Waals surface area contributed by atoms with Crippen LogP contribution in [-0.2, 0) is 26.2 Å². The SMILES string of the molecule is C[C@@H]1CC(C)(C)C[C@]2(C1)NC(=O)N(CC(=O)OCC(=O)NC(=O)c1cccn1C)C2=O. The third kappa shape index (κ3) is 4.78. The molecule has 1 spiro atoms. The van der Waals surface area contributed by atoms with Crippen molar-refractivity contribution in [3.8, 4) is 0 Å². The molecule has 0 aromatic carbocycles. The van der Waals surface area contributed by atoms with Crippen LogP contribution in [0.15, 0.2) is 18.3 Å². The van der Waals surface area contributed by atoms with Crippen LogP contribution in [0.4, 0.5) is 4.79 Å². The molecule has 2 aliphatic rings. The molecule has 2 N–H and O–H groups in total. The molecule has 1 saturated carbocycles. The minimum absolute atomic E-state index is 0.125. The van der Waals surface area contributed by atoms with E-state index in [4.69, 9.17) is 4.74 Å². The number of carbonyl (C=O) groups is 5. The maximum atomic E-state index is 13.0. The molecule has 2 atom stereocenters. The Kier molecular flexibility index (Phi) is 5.93. The van der Waals surface area contributed by atoms with Gasteiger partial charge in [-0.25, -0.2) is 4.79 Å². The predicted molar refractivity (Wildman–Crippen MR) is 109 cm³/mol. The molecule has 1 aliphatic carbocycles. The van der Waals surface area contributed by atoms with E-state index in [1.165, 1.54) is 10.6 Å². The molecule has 5 amide bonds. The van der Waals surface area contributed by atoms with Crippen LogP contribution >= 0.6 is 0 Å². The smallest absolute Gasteiger partial charge is 0.326 e. The number of nitrogens with one attached hydrogen (secondary N) is 2. The first-order valence-electron chi connectivity index (χ1n) is 10.2. The summed E-state index contributed by atoms with van der Waals surface area (Å²) in [5, 5.41) is 4.89. The van der Waals surface area contributed by atoms with Gasteiger partial charge < -0.3 is 14.6 Å². The summed E-state index contributed by atoms with van der Waals surface area (Å²) in [6.07, 6.45) is 3.59. The van der Waals surface area contributed by atoms with Crippen LogP contribution in [0.5, 0.6) is 0 Å². The number of ether oxygens (including phenoxy) is 1. The summed E-state index contributed by atoms with van der Waals surface area (Å²) in [4.78, 5) is 62.3. The fourth-order valence-corrected chi connectivity index (χ4v) is 4.89. The summed E-state index contributed by atoms with van der Waals surface area (Å²) in [7, 11) is 1.65. The Labute approximate surface area is 180 Å². The molecule has 10 heteroatoms. The fourth-order valence-electron chi connectivity index (χ4n) is 4.89. The highest BCUT2D eigenvalue weighted by atomic mass is 16.5. The maximum absolute atomic E-state index is 13.0. The molecule has 10 nitrogen and oxygen atoms in total. The average Bonchev–Trinajstić information content (AvgIpc) is 3.15. The van der Waals surface area contributed by atoms with E-state index in [0.29, 0.717) is 12.8 Å². The van der Waals surface area contributed by atoms with Gasteiger partial charge in [-0.05, 0) is 42.7 Å². The van der Waals surface area contributed by atoms with Gasteiger partial charge in [-0.15, -0.1) is 0 Å². The van der Waals surface area contributed by atoms with Crippen LogP contribution in [0.25, 0.3) is 0 Å². The topological polar surface area (TPSA) is 127 Å². The van der Waals surface area contributed by atoms with Crippen molar-refractivity contribution in [2.24, 2.45) is 18.4 Å². The van der Waals surface area contributed by atoms with E-state index in [9.17, 15) is 24.0 Å². The molecular formula is C21H28N4O6. The minimum Gasteiger partial charge on any atom is -0.454 e. The summed E-state index contributed by atoms with van der Waals surface area (Å²) in [5.74, 6) is -2.55. The summed E-state index contributed by atoms with van der Waals surface area (Å²) in [6.45, 7) is 4.84. The number of aromatic nitrogens is 1. The van der Waals surface area contributed by atoms with Crippen LogP contribution in [-0.4, -0.2) is 57.9 Å². The number of rotatable bonds is 5. The molecule has 1 saturated heterocycles. The van der Waals surface area contributed by atoms with Crippen LogP contribution in [0.3, 0.4) is 0 Å². The van der Waals surface area contributed by atoms with Crippen LogP contribution in [0, 0.1) is 11.3 Å². The minimum atomic E-state index is -1.02. The van der Waals surface area contributed by atoms with Crippen molar-refractivity contribution in [1.29, 1.82) is 0 Å². The fraction of sp³-hybridized carbons (Fsp3) is 0.571. The van der Waals surface area contributed by atoms with Gasteiger partial charge in [0.1, 0.15) is 17.8 Å². The van der Waals surface area contributed by atoms with E-state index < -0.39 is 48.4 Å². The van der Waals surface area contributed by atoms with Gasteiger partial charge in [0.25, 0.3) is 17.7 Å². The second-order valence-corrected chi connectivity index (χ2v) is 9.30. The lowest BCUT2D eigenvalue weighted by atomic mass is 9.64. The number of carbonyl (C=O) groups excluding carboxylic acids is 5. The molecular weight excluding hydrogens is 404 g/mol. The highest BCUT2D eigenvalue weighted by molar-refractivity contribution is 6.09. The van der Waals surface area contributed by atoms with Crippen molar-refractivity contribution < 1.29 is 28.7 Å². The number of amides is 5. The monoisotopic (exact) mass is 432 g/mol. The molecule has 0 unspecified atom stereocenters. The Morgan fingerprint density at radius 3 is 2.58 bits per heavy atom. The lowest BCUT2D eigenvalue weighted by Crippen LogP contribution is -2.54. The molecule has 2 fully saturated rings. The van der Waals surface area contributed by atoms with Gasteiger partial charge in [-0.3, -0.25) is 29.4 Å². The zero-order valence-electron chi connectivity index (χ0n) is 18.2. The van der Waals surface area contributed by atoms with Crippen molar-refractivity contribution in [2.45, 2.75) is 45.6 Å². The van der Waals surface area contributed by atoms with Crippen LogP contribution in [0.2, 0.25) is 0 Å². The Morgan fingerprint density at radius 1 is 1.26 bits per heavy atom. The second-order valence-electron chi connectivity index (χ2n) is 9.30. The number of nitrogens with zero attached hydrogens (tertiary/aromatic N) is 2. The van der Waals surface area contributed by atoms with Crippen molar-refractivity contribution in [1.82, 2.24) is 20.1 Å². The third-order valence-electron chi connectivity index (χ3n) is 5.71. The first-order chi connectivity index (χ1) is 14.4.